The Balaban J connectivity index is 3.30. The predicted molar refractivity (Wildman–Crippen MR) is 64.0 cm³/mol. The lowest BCUT2D eigenvalue weighted by molar-refractivity contribution is 0.506. The van der Waals surface area contributed by atoms with Crippen LogP contribution in [-0.2, 0) is 9.84 Å². The van der Waals surface area contributed by atoms with E-state index in [1.54, 1.807) is 0 Å². The molecule has 0 saturated heterocycles. The Morgan fingerprint density at radius 3 is 1.60 bits per heavy atom. The molecule has 15 heavy (non-hydrogen) atoms. The van der Waals surface area contributed by atoms with E-state index in [1.165, 1.54) is 5.41 Å². The molecule has 0 atom stereocenters. The smallest absolute Gasteiger partial charge is 0.196 e. The van der Waals surface area contributed by atoms with E-state index < -0.39 is 9.84 Å². The fraction of sp³-hybridized carbons (Fsp3) is 0.667. The number of sulfone groups is 1. The van der Waals surface area contributed by atoms with Gasteiger partial charge in [0.15, 0.2) is 9.84 Å². The van der Waals surface area contributed by atoms with Crippen LogP contribution in [-0.4, -0.2) is 8.42 Å². The van der Waals surface area contributed by atoms with Crippen LogP contribution in [0, 0.1) is 10.8 Å². The average Bonchev–Trinajstić information content (AvgIpc) is 2.22. The average molecular weight is 228 g/mol. The molecule has 0 bridgehead atoms. The number of hydrogen-bond acceptors (Lipinski definition) is 2. The Kier molecular flexibility index (Phi) is 2.67. The topological polar surface area (TPSA) is 34.1 Å². The van der Waals surface area contributed by atoms with Gasteiger partial charge < -0.3 is 0 Å². The SMILES string of the molecule is CC(C)(C)C1=CS(=O)(=O)C(C(C)(C)C)=C1. The Labute approximate surface area is 93.0 Å². The van der Waals surface area contributed by atoms with Gasteiger partial charge in [-0.2, -0.15) is 0 Å². The standard InChI is InChI=1S/C12H20O2S/c1-11(2,3)9-7-10(12(4,5)6)15(13,14)8-9/h7-8H,1-6H3. The number of hydrogen-bond donors (Lipinski definition) is 0. The number of allylic oxidation sites excluding steroid dienone is 3. The third-order valence-corrected chi connectivity index (χ3v) is 4.39. The molecular weight excluding hydrogens is 208 g/mol. The van der Waals surface area contributed by atoms with Gasteiger partial charge in [-0.25, -0.2) is 8.42 Å². The number of rotatable bonds is 0. The molecule has 1 aliphatic rings. The molecule has 0 aromatic heterocycles. The molecule has 0 aromatic carbocycles. The van der Waals surface area contributed by atoms with Crippen molar-refractivity contribution < 1.29 is 8.42 Å². The summed E-state index contributed by atoms with van der Waals surface area (Å²) in [5.41, 5.74) is 0.468. The van der Waals surface area contributed by atoms with Crippen LogP contribution in [0.1, 0.15) is 41.5 Å². The maximum Gasteiger partial charge on any atom is 0.196 e. The van der Waals surface area contributed by atoms with Crippen molar-refractivity contribution in [3.05, 3.63) is 22.0 Å². The van der Waals surface area contributed by atoms with Crippen LogP contribution in [0.3, 0.4) is 0 Å². The Hall–Kier alpha value is -0.570. The summed E-state index contributed by atoms with van der Waals surface area (Å²) in [6.07, 6.45) is 1.83. The molecule has 0 N–H and O–H groups in total. The second-order valence-electron chi connectivity index (χ2n) is 6.13. The molecule has 0 saturated carbocycles. The van der Waals surface area contributed by atoms with Gasteiger partial charge in [0.2, 0.25) is 0 Å². The molecule has 0 amide bonds. The first-order valence-corrected chi connectivity index (χ1v) is 6.69. The molecular formula is C12H20O2S. The summed E-state index contributed by atoms with van der Waals surface area (Å²) in [5, 5.41) is 1.41. The van der Waals surface area contributed by atoms with Gasteiger partial charge in [0.05, 0.1) is 4.91 Å². The normalized spacial score (nSPS) is 21.2. The van der Waals surface area contributed by atoms with Crippen molar-refractivity contribution in [1.29, 1.82) is 0 Å². The zero-order valence-corrected chi connectivity index (χ0v) is 11.2. The van der Waals surface area contributed by atoms with Crippen LogP contribution in [0.15, 0.2) is 22.0 Å². The highest BCUT2D eigenvalue weighted by Gasteiger charge is 2.34. The molecule has 86 valence electrons. The highest BCUT2D eigenvalue weighted by atomic mass is 32.2. The van der Waals surface area contributed by atoms with Gasteiger partial charge in [-0.15, -0.1) is 0 Å². The van der Waals surface area contributed by atoms with Crippen LogP contribution >= 0.6 is 0 Å². The fourth-order valence-corrected chi connectivity index (χ4v) is 3.55. The van der Waals surface area contributed by atoms with Gasteiger partial charge in [0.1, 0.15) is 0 Å². The largest absolute Gasteiger partial charge is 0.219 e. The van der Waals surface area contributed by atoms with Gasteiger partial charge in [0.25, 0.3) is 0 Å². The van der Waals surface area contributed by atoms with Gasteiger partial charge >= 0.3 is 0 Å². The summed E-state index contributed by atoms with van der Waals surface area (Å²) >= 11 is 0. The zero-order valence-electron chi connectivity index (χ0n) is 10.4. The van der Waals surface area contributed by atoms with Crippen molar-refractivity contribution in [1.82, 2.24) is 0 Å². The monoisotopic (exact) mass is 228 g/mol. The first kappa shape index (κ1) is 12.5. The maximum atomic E-state index is 11.9. The minimum absolute atomic E-state index is 0.111. The second kappa shape index (κ2) is 3.21. The van der Waals surface area contributed by atoms with E-state index in [1.807, 2.05) is 47.6 Å². The van der Waals surface area contributed by atoms with E-state index in [0.29, 0.717) is 4.91 Å². The predicted octanol–water partition coefficient (Wildman–Crippen LogP) is 3.27. The van der Waals surface area contributed by atoms with E-state index in [9.17, 15) is 8.42 Å². The van der Waals surface area contributed by atoms with Gasteiger partial charge in [0, 0.05) is 5.41 Å². The first-order valence-electron chi connectivity index (χ1n) is 5.14. The van der Waals surface area contributed by atoms with Crippen LogP contribution in [0.25, 0.3) is 0 Å². The van der Waals surface area contributed by atoms with E-state index >= 15 is 0 Å². The highest BCUT2D eigenvalue weighted by molar-refractivity contribution is 7.98. The lowest BCUT2D eigenvalue weighted by Crippen LogP contribution is -2.14. The molecule has 0 spiro atoms. The lowest BCUT2D eigenvalue weighted by atomic mass is 9.85. The zero-order chi connectivity index (χ0) is 12.1. The molecule has 1 aliphatic heterocycles. The molecule has 3 heteroatoms. The molecule has 0 unspecified atom stereocenters. The first-order chi connectivity index (χ1) is 6.44. The molecule has 0 radical (unpaired) electrons. The third-order valence-electron chi connectivity index (χ3n) is 2.48. The Morgan fingerprint density at radius 1 is 0.933 bits per heavy atom. The minimum atomic E-state index is -3.18. The third kappa shape index (κ3) is 2.51. The van der Waals surface area contributed by atoms with Crippen LogP contribution in [0.4, 0.5) is 0 Å². The highest BCUT2D eigenvalue weighted by Crippen LogP contribution is 2.41. The van der Waals surface area contributed by atoms with Crippen molar-refractivity contribution in [2.24, 2.45) is 10.8 Å². The van der Waals surface area contributed by atoms with Crippen molar-refractivity contribution in [3.63, 3.8) is 0 Å². The molecule has 0 fully saturated rings. The summed E-state index contributed by atoms with van der Waals surface area (Å²) in [5.74, 6) is 0. The second-order valence-corrected chi connectivity index (χ2v) is 7.89. The molecule has 1 rings (SSSR count). The summed E-state index contributed by atoms with van der Waals surface area (Å²) in [7, 11) is -3.18. The van der Waals surface area contributed by atoms with E-state index in [4.69, 9.17) is 0 Å². The van der Waals surface area contributed by atoms with Crippen LogP contribution in [0.5, 0.6) is 0 Å². The molecule has 0 aliphatic carbocycles. The van der Waals surface area contributed by atoms with E-state index in [-0.39, 0.29) is 10.8 Å². The lowest BCUT2D eigenvalue weighted by Gasteiger charge is -2.20. The summed E-state index contributed by atoms with van der Waals surface area (Å²) in [6.45, 7) is 11.9. The summed E-state index contributed by atoms with van der Waals surface area (Å²) in [4.78, 5) is 0.528. The maximum absolute atomic E-state index is 11.9. The molecule has 1 heterocycles. The fourth-order valence-electron chi connectivity index (χ4n) is 1.52. The van der Waals surface area contributed by atoms with Crippen LogP contribution < -0.4 is 0 Å². The quantitative estimate of drug-likeness (QED) is 0.637. The van der Waals surface area contributed by atoms with E-state index in [2.05, 4.69) is 0 Å². The summed E-state index contributed by atoms with van der Waals surface area (Å²) < 4.78 is 23.8. The van der Waals surface area contributed by atoms with Gasteiger partial charge in [-0.3, -0.25) is 0 Å². The van der Waals surface area contributed by atoms with E-state index in [0.717, 1.165) is 5.57 Å². The Morgan fingerprint density at radius 2 is 1.40 bits per heavy atom. The van der Waals surface area contributed by atoms with Crippen LogP contribution in [0.2, 0.25) is 0 Å². The van der Waals surface area contributed by atoms with Gasteiger partial charge in [-0.05, 0) is 22.5 Å². The van der Waals surface area contributed by atoms with Crippen molar-refractivity contribution in [2.75, 3.05) is 0 Å². The summed E-state index contributed by atoms with van der Waals surface area (Å²) in [6, 6.07) is 0. The molecule has 2 nitrogen and oxygen atoms in total. The van der Waals surface area contributed by atoms with Crippen molar-refractivity contribution in [3.8, 4) is 0 Å². The van der Waals surface area contributed by atoms with Crippen molar-refractivity contribution in [2.45, 2.75) is 41.5 Å². The van der Waals surface area contributed by atoms with Crippen molar-refractivity contribution >= 4 is 9.84 Å². The minimum Gasteiger partial charge on any atom is -0.219 e. The van der Waals surface area contributed by atoms with Gasteiger partial charge in [-0.1, -0.05) is 41.5 Å². The Bertz CT molecular complexity index is 423. The molecule has 0 aromatic rings.